The zero-order chi connectivity index (χ0) is 11.5. The highest BCUT2D eigenvalue weighted by Crippen LogP contribution is 2.37. The second kappa shape index (κ2) is 4.81. The minimum absolute atomic E-state index is 0.319. The first kappa shape index (κ1) is 12.9. The van der Waals surface area contributed by atoms with Crippen molar-refractivity contribution in [3.8, 4) is 0 Å². The average molecular weight is 214 g/mol. The van der Waals surface area contributed by atoms with Crippen LogP contribution in [0.1, 0.15) is 39.5 Å². The zero-order valence-corrected chi connectivity index (χ0v) is 10.4. The van der Waals surface area contributed by atoms with Crippen LogP contribution in [0.3, 0.4) is 0 Å². The largest absolute Gasteiger partial charge is 0.389 e. The third kappa shape index (κ3) is 4.09. The van der Waals surface area contributed by atoms with Crippen LogP contribution in [0.4, 0.5) is 0 Å². The molecule has 0 spiro atoms. The van der Waals surface area contributed by atoms with Crippen LogP contribution in [0.15, 0.2) is 0 Å². The van der Waals surface area contributed by atoms with Gasteiger partial charge in [0, 0.05) is 13.1 Å². The highest BCUT2D eigenvalue weighted by atomic mass is 16.3. The van der Waals surface area contributed by atoms with Crippen LogP contribution in [-0.4, -0.2) is 42.3 Å². The molecule has 0 aromatic carbocycles. The molecular formula is C12H26N2O. The Morgan fingerprint density at radius 2 is 1.87 bits per heavy atom. The Hall–Kier alpha value is -0.120. The number of nitrogens with zero attached hydrogens (tertiary/aromatic N) is 1. The van der Waals surface area contributed by atoms with E-state index in [2.05, 4.69) is 11.9 Å². The van der Waals surface area contributed by atoms with Gasteiger partial charge in [-0.15, -0.1) is 0 Å². The Morgan fingerprint density at radius 1 is 1.33 bits per heavy atom. The van der Waals surface area contributed by atoms with Crippen LogP contribution in [0.5, 0.6) is 0 Å². The molecule has 15 heavy (non-hydrogen) atoms. The summed E-state index contributed by atoms with van der Waals surface area (Å²) in [6, 6.07) is 0. The number of aliphatic hydroxyl groups is 1. The Morgan fingerprint density at radius 3 is 2.27 bits per heavy atom. The Bertz CT molecular complexity index is 192. The van der Waals surface area contributed by atoms with Gasteiger partial charge in [0.05, 0.1) is 5.60 Å². The van der Waals surface area contributed by atoms with E-state index in [-0.39, 0.29) is 0 Å². The van der Waals surface area contributed by atoms with Crippen molar-refractivity contribution >= 4 is 0 Å². The first-order chi connectivity index (χ1) is 6.87. The summed E-state index contributed by atoms with van der Waals surface area (Å²) in [6.07, 6.45) is 5.13. The number of likely N-dealkylation sites (N-methyl/N-ethyl adjacent to an activating group) is 1. The van der Waals surface area contributed by atoms with Crippen LogP contribution >= 0.6 is 0 Å². The van der Waals surface area contributed by atoms with Gasteiger partial charge >= 0.3 is 0 Å². The van der Waals surface area contributed by atoms with Gasteiger partial charge in [-0.3, -0.25) is 0 Å². The lowest BCUT2D eigenvalue weighted by Crippen LogP contribution is -2.44. The molecule has 0 radical (unpaired) electrons. The van der Waals surface area contributed by atoms with E-state index in [0.29, 0.717) is 5.41 Å². The van der Waals surface area contributed by atoms with Crippen molar-refractivity contribution in [1.29, 1.82) is 0 Å². The van der Waals surface area contributed by atoms with Gasteiger partial charge in [-0.25, -0.2) is 0 Å². The molecule has 1 aliphatic carbocycles. The van der Waals surface area contributed by atoms with Gasteiger partial charge in [-0.1, -0.05) is 12.8 Å². The monoisotopic (exact) mass is 214 g/mol. The maximum absolute atomic E-state index is 9.75. The molecule has 1 saturated carbocycles. The summed E-state index contributed by atoms with van der Waals surface area (Å²) in [4.78, 5) is 2.22. The maximum Gasteiger partial charge on any atom is 0.0718 e. The molecule has 0 unspecified atom stereocenters. The van der Waals surface area contributed by atoms with E-state index in [4.69, 9.17) is 5.73 Å². The highest BCUT2D eigenvalue weighted by molar-refractivity contribution is 4.88. The Kier molecular flexibility index (Phi) is 4.15. The summed E-state index contributed by atoms with van der Waals surface area (Å²) in [5.41, 5.74) is 5.60. The van der Waals surface area contributed by atoms with E-state index < -0.39 is 5.60 Å². The summed E-state index contributed by atoms with van der Waals surface area (Å²) < 4.78 is 0. The molecule has 0 atom stereocenters. The SMILES string of the molecule is CN(CC(C)(C)O)CC1(CN)CCCC1. The van der Waals surface area contributed by atoms with Gasteiger partial charge in [0.25, 0.3) is 0 Å². The fourth-order valence-electron chi connectivity index (χ4n) is 2.84. The van der Waals surface area contributed by atoms with Crippen molar-refractivity contribution in [2.45, 2.75) is 45.1 Å². The molecule has 0 heterocycles. The molecule has 90 valence electrons. The Balaban J connectivity index is 2.45. The predicted molar refractivity (Wildman–Crippen MR) is 63.8 cm³/mol. The van der Waals surface area contributed by atoms with E-state index in [9.17, 15) is 5.11 Å². The molecule has 0 aliphatic heterocycles. The molecule has 3 nitrogen and oxygen atoms in total. The van der Waals surface area contributed by atoms with Gasteiger partial charge in [0.15, 0.2) is 0 Å². The smallest absolute Gasteiger partial charge is 0.0718 e. The number of hydrogen-bond donors (Lipinski definition) is 2. The molecular weight excluding hydrogens is 188 g/mol. The molecule has 0 aromatic rings. The molecule has 3 heteroatoms. The lowest BCUT2D eigenvalue weighted by Gasteiger charge is -2.35. The predicted octanol–water partition coefficient (Wildman–Crippen LogP) is 1.21. The standard InChI is InChI=1S/C12H26N2O/c1-11(2,15)9-14(3)10-12(8-13)6-4-5-7-12/h15H,4-10,13H2,1-3H3. The van der Waals surface area contributed by atoms with Gasteiger partial charge in [0.1, 0.15) is 0 Å². The molecule has 3 N–H and O–H groups in total. The lowest BCUT2D eigenvalue weighted by molar-refractivity contribution is 0.0316. The first-order valence-electron chi connectivity index (χ1n) is 5.98. The van der Waals surface area contributed by atoms with E-state index in [1.165, 1.54) is 25.7 Å². The van der Waals surface area contributed by atoms with Crippen molar-refractivity contribution in [3.63, 3.8) is 0 Å². The normalized spacial score (nSPS) is 21.2. The zero-order valence-electron chi connectivity index (χ0n) is 10.4. The van der Waals surface area contributed by atoms with Crippen molar-refractivity contribution < 1.29 is 5.11 Å². The fraction of sp³-hybridized carbons (Fsp3) is 1.00. The molecule has 0 aromatic heterocycles. The summed E-state index contributed by atoms with van der Waals surface area (Å²) in [7, 11) is 2.08. The summed E-state index contributed by atoms with van der Waals surface area (Å²) in [5.74, 6) is 0. The fourth-order valence-corrected chi connectivity index (χ4v) is 2.84. The Labute approximate surface area is 93.6 Å². The first-order valence-corrected chi connectivity index (χ1v) is 5.98. The summed E-state index contributed by atoms with van der Waals surface area (Å²) >= 11 is 0. The number of rotatable bonds is 5. The van der Waals surface area contributed by atoms with Crippen LogP contribution < -0.4 is 5.73 Å². The van der Waals surface area contributed by atoms with Crippen molar-refractivity contribution in [1.82, 2.24) is 4.90 Å². The minimum Gasteiger partial charge on any atom is -0.389 e. The van der Waals surface area contributed by atoms with E-state index in [0.717, 1.165) is 19.6 Å². The molecule has 0 amide bonds. The van der Waals surface area contributed by atoms with E-state index in [1.807, 2.05) is 13.8 Å². The number of hydrogen-bond acceptors (Lipinski definition) is 3. The van der Waals surface area contributed by atoms with Gasteiger partial charge in [-0.2, -0.15) is 0 Å². The van der Waals surface area contributed by atoms with Crippen molar-refractivity contribution in [2.75, 3.05) is 26.7 Å². The van der Waals surface area contributed by atoms with Crippen LogP contribution in [0.2, 0.25) is 0 Å². The highest BCUT2D eigenvalue weighted by Gasteiger charge is 2.34. The van der Waals surface area contributed by atoms with Gasteiger partial charge in [0.2, 0.25) is 0 Å². The minimum atomic E-state index is -0.608. The molecule has 1 fully saturated rings. The molecule has 0 bridgehead atoms. The topological polar surface area (TPSA) is 49.5 Å². The van der Waals surface area contributed by atoms with Gasteiger partial charge in [-0.05, 0) is 45.7 Å². The maximum atomic E-state index is 9.75. The second-order valence-corrected chi connectivity index (χ2v) is 5.90. The van der Waals surface area contributed by atoms with E-state index >= 15 is 0 Å². The summed E-state index contributed by atoms with van der Waals surface area (Å²) in [6.45, 7) is 6.23. The molecule has 1 aliphatic rings. The van der Waals surface area contributed by atoms with Crippen molar-refractivity contribution in [3.05, 3.63) is 0 Å². The van der Waals surface area contributed by atoms with Crippen LogP contribution in [0.25, 0.3) is 0 Å². The third-order valence-corrected chi connectivity index (χ3v) is 3.36. The number of nitrogens with two attached hydrogens (primary N) is 1. The van der Waals surface area contributed by atoms with Crippen LogP contribution in [0, 0.1) is 5.41 Å². The van der Waals surface area contributed by atoms with E-state index in [1.54, 1.807) is 0 Å². The second-order valence-electron chi connectivity index (χ2n) is 5.90. The average Bonchev–Trinajstić information content (AvgIpc) is 2.50. The quantitative estimate of drug-likeness (QED) is 0.723. The third-order valence-electron chi connectivity index (χ3n) is 3.36. The molecule has 0 saturated heterocycles. The lowest BCUT2D eigenvalue weighted by atomic mass is 9.85. The van der Waals surface area contributed by atoms with Gasteiger partial charge < -0.3 is 15.7 Å². The van der Waals surface area contributed by atoms with Crippen molar-refractivity contribution in [2.24, 2.45) is 11.1 Å². The molecule has 1 rings (SSSR count). The summed E-state index contributed by atoms with van der Waals surface area (Å²) in [5, 5.41) is 9.75. The van der Waals surface area contributed by atoms with Crippen LogP contribution in [-0.2, 0) is 0 Å².